The molecule has 0 radical (unpaired) electrons. The van der Waals surface area contributed by atoms with E-state index in [2.05, 4.69) is 22.2 Å². The van der Waals surface area contributed by atoms with Crippen LogP contribution in [-0.2, 0) is 4.79 Å². The number of nitrogens with one attached hydrogen (secondary N) is 1. The van der Waals surface area contributed by atoms with Gasteiger partial charge in [-0.15, -0.1) is 0 Å². The van der Waals surface area contributed by atoms with Crippen LogP contribution in [0.2, 0.25) is 5.28 Å². The molecule has 1 rings (SSSR count). The molecule has 6 heteroatoms. The Morgan fingerprint density at radius 2 is 2.44 bits per heavy atom. The maximum absolute atomic E-state index is 11.6. The van der Waals surface area contributed by atoms with Gasteiger partial charge >= 0.3 is 0 Å². The molecule has 16 heavy (non-hydrogen) atoms. The number of carbonyl (C=O) groups excluding carboxylic acids is 1. The van der Waals surface area contributed by atoms with Gasteiger partial charge in [-0.05, 0) is 24.1 Å². The molecule has 1 heterocycles. The Hall–Kier alpha value is -1.20. The molecule has 3 N–H and O–H groups in total. The van der Waals surface area contributed by atoms with Crippen molar-refractivity contribution in [3.05, 3.63) is 17.5 Å². The van der Waals surface area contributed by atoms with Crippen LogP contribution in [0.1, 0.15) is 26.2 Å². The monoisotopic (exact) mass is 242 g/mol. The van der Waals surface area contributed by atoms with Gasteiger partial charge in [0.2, 0.25) is 11.2 Å². The molecule has 0 fully saturated rings. The number of nitrogens with zero attached hydrogens (tertiary/aromatic N) is 2. The third-order valence-corrected chi connectivity index (χ3v) is 2.27. The number of rotatable bonds is 5. The second-order valence-corrected chi connectivity index (χ2v) is 3.79. The molecule has 1 amide bonds. The lowest BCUT2D eigenvalue weighted by Crippen LogP contribution is -2.35. The molecule has 1 aromatic rings. The van der Waals surface area contributed by atoms with Crippen molar-refractivity contribution in [3.8, 4) is 0 Å². The van der Waals surface area contributed by atoms with Crippen LogP contribution >= 0.6 is 11.6 Å². The van der Waals surface area contributed by atoms with E-state index in [9.17, 15) is 4.79 Å². The van der Waals surface area contributed by atoms with Crippen LogP contribution in [0.4, 0.5) is 5.82 Å². The first-order valence-corrected chi connectivity index (χ1v) is 5.56. The molecule has 1 atom stereocenters. The van der Waals surface area contributed by atoms with Crippen LogP contribution < -0.4 is 11.1 Å². The first kappa shape index (κ1) is 12.9. The molecule has 0 aromatic carbocycles. The van der Waals surface area contributed by atoms with E-state index in [1.165, 1.54) is 6.20 Å². The number of amides is 1. The Balaban J connectivity index is 2.50. The third-order valence-electron chi connectivity index (χ3n) is 2.08. The Morgan fingerprint density at radius 1 is 1.69 bits per heavy atom. The molecular formula is C10H15ClN4O. The average Bonchev–Trinajstić information content (AvgIpc) is 2.25. The fourth-order valence-corrected chi connectivity index (χ4v) is 1.33. The molecule has 88 valence electrons. The number of halogens is 1. The van der Waals surface area contributed by atoms with Crippen LogP contribution in [0.25, 0.3) is 0 Å². The second-order valence-electron chi connectivity index (χ2n) is 3.45. The summed E-state index contributed by atoms with van der Waals surface area (Å²) >= 11 is 5.59. The van der Waals surface area contributed by atoms with Crippen molar-refractivity contribution < 1.29 is 4.79 Å². The van der Waals surface area contributed by atoms with Gasteiger partial charge in [0.25, 0.3) is 0 Å². The average molecular weight is 243 g/mol. The largest absolute Gasteiger partial charge is 0.320 e. The zero-order valence-electron chi connectivity index (χ0n) is 9.11. The van der Waals surface area contributed by atoms with Crippen LogP contribution in [0.5, 0.6) is 0 Å². The van der Waals surface area contributed by atoms with E-state index < -0.39 is 6.04 Å². The highest BCUT2D eigenvalue weighted by Gasteiger charge is 2.13. The van der Waals surface area contributed by atoms with E-state index in [0.717, 1.165) is 12.8 Å². The predicted molar refractivity (Wildman–Crippen MR) is 63.2 cm³/mol. The van der Waals surface area contributed by atoms with Crippen molar-refractivity contribution in [2.45, 2.75) is 32.2 Å². The SMILES string of the molecule is CCCCC(N)C(=O)Nc1ccnc(Cl)n1. The summed E-state index contributed by atoms with van der Waals surface area (Å²) in [5.41, 5.74) is 5.70. The Bertz CT molecular complexity index is 358. The van der Waals surface area contributed by atoms with Crippen molar-refractivity contribution in [1.29, 1.82) is 0 Å². The molecule has 0 saturated heterocycles. The van der Waals surface area contributed by atoms with Crippen LogP contribution in [0.15, 0.2) is 12.3 Å². The number of aromatic nitrogens is 2. The number of hydrogen-bond acceptors (Lipinski definition) is 4. The van der Waals surface area contributed by atoms with Gasteiger partial charge in [0, 0.05) is 6.20 Å². The lowest BCUT2D eigenvalue weighted by atomic mass is 10.1. The lowest BCUT2D eigenvalue weighted by Gasteiger charge is -2.10. The highest BCUT2D eigenvalue weighted by molar-refractivity contribution is 6.28. The minimum atomic E-state index is -0.506. The maximum Gasteiger partial charge on any atom is 0.242 e. The van der Waals surface area contributed by atoms with Gasteiger partial charge in [-0.3, -0.25) is 4.79 Å². The molecule has 1 unspecified atom stereocenters. The van der Waals surface area contributed by atoms with E-state index in [0.29, 0.717) is 12.2 Å². The highest BCUT2D eigenvalue weighted by Crippen LogP contribution is 2.07. The predicted octanol–water partition coefficient (Wildman–Crippen LogP) is 1.59. The maximum atomic E-state index is 11.6. The molecule has 1 aromatic heterocycles. The minimum Gasteiger partial charge on any atom is -0.320 e. The molecule has 0 aliphatic heterocycles. The summed E-state index contributed by atoms with van der Waals surface area (Å²) < 4.78 is 0. The zero-order valence-corrected chi connectivity index (χ0v) is 9.87. The standard InChI is InChI=1S/C10H15ClN4O/c1-2-3-4-7(12)9(16)14-8-5-6-13-10(11)15-8/h5-7H,2-4,12H2,1H3,(H,13,14,15,16). The molecular weight excluding hydrogens is 228 g/mol. The summed E-state index contributed by atoms with van der Waals surface area (Å²) in [5.74, 6) is 0.125. The van der Waals surface area contributed by atoms with E-state index in [4.69, 9.17) is 17.3 Å². The smallest absolute Gasteiger partial charge is 0.242 e. The molecule has 0 spiro atoms. The first-order chi connectivity index (χ1) is 7.63. The van der Waals surface area contributed by atoms with E-state index >= 15 is 0 Å². The van der Waals surface area contributed by atoms with E-state index in [-0.39, 0.29) is 11.2 Å². The molecule has 0 saturated carbocycles. The van der Waals surface area contributed by atoms with Gasteiger partial charge in [0.05, 0.1) is 6.04 Å². The summed E-state index contributed by atoms with van der Waals surface area (Å²) in [4.78, 5) is 19.1. The van der Waals surface area contributed by atoms with Gasteiger partial charge in [0.1, 0.15) is 5.82 Å². The number of unbranched alkanes of at least 4 members (excludes halogenated alkanes) is 1. The highest BCUT2D eigenvalue weighted by atomic mass is 35.5. The van der Waals surface area contributed by atoms with E-state index in [1.54, 1.807) is 6.07 Å². The number of carbonyl (C=O) groups is 1. The number of hydrogen-bond donors (Lipinski definition) is 2. The Labute approximate surface area is 99.4 Å². The molecule has 0 bridgehead atoms. The van der Waals surface area contributed by atoms with Crippen LogP contribution in [-0.4, -0.2) is 21.9 Å². The minimum absolute atomic E-state index is 0.0972. The van der Waals surface area contributed by atoms with Crippen LogP contribution in [0.3, 0.4) is 0 Å². The summed E-state index contributed by atoms with van der Waals surface area (Å²) in [6.07, 6.45) is 4.09. The fourth-order valence-electron chi connectivity index (χ4n) is 1.18. The number of anilines is 1. The summed E-state index contributed by atoms with van der Waals surface area (Å²) in [6.45, 7) is 2.05. The van der Waals surface area contributed by atoms with Crippen molar-refractivity contribution in [2.75, 3.05) is 5.32 Å². The van der Waals surface area contributed by atoms with Gasteiger partial charge in [0.15, 0.2) is 0 Å². The molecule has 0 aliphatic rings. The fraction of sp³-hybridized carbons (Fsp3) is 0.500. The van der Waals surface area contributed by atoms with Crippen LogP contribution in [0, 0.1) is 0 Å². The molecule has 0 aliphatic carbocycles. The second kappa shape index (κ2) is 6.40. The van der Waals surface area contributed by atoms with E-state index in [1.807, 2.05) is 0 Å². The quantitative estimate of drug-likeness (QED) is 0.769. The summed E-state index contributed by atoms with van der Waals surface area (Å²) in [6, 6.07) is 1.06. The molecule has 5 nitrogen and oxygen atoms in total. The first-order valence-electron chi connectivity index (χ1n) is 5.18. The summed E-state index contributed by atoms with van der Waals surface area (Å²) in [7, 11) is 0. The van der Waals surface area contributed by atoms with Crippen molar-refractivity contribution in [2.24, 2.45) is 5.73 Å². The lowest BCUT2D eigenvalue weighted by molar-refractivity contribution is -0.117. The summed E-state index contributed by atoms with van der Waals surface area (Å²) in [5, 5.41) is 2.69. The van der Waals surface area contributed by atoms with Gasteiger partial charge < -0.3 is 11.1 Å². The zero-order chi connectivity index (χ0) is 12.0. The van der Waals surface area contributed by atoms with Crippen molar-refractivity contribution in [1.82, 2.24) is 9.97 Å². The third kappa shape index (κ3) is 4.12. The normalized spacial score (nSPS) is 12.2. The van der Waals surface area contributed by atoms with Gasteiger partial charge in [-0.25, -0.2) is 9.97 Å². The Morgan fingerprint density at radius 3 is 3.06 bits per heavy atom. The van der Waals surface area contributed by atoms with Gasteiger partial charge in [-0.2, -0.15) is 0 Å². The van der Waals surface area contributed by atoms with Crippen molar-refractivity contribution in [3.63, 3.8) is 0 Å². The van der Waals surface area contributed by atoms with Gasteiger partial charge in [-0.1, -0.05) is 19.8 Å². The Kier molecular flexibility index (Phi) is 5.14. The topological polar surface area (TPSA) is 80.9 Å². The number of nitrogens with two attached hydrogens (primary N) is 1. The van der Waals surface area contributed by atoms with Crippen molar-refractivity contribution >= 4 is 23.3 Å².